The quantitative estimate of drug-likeness (QED) is 0.706. The normalized spacial score (nSPS) is 17.8. The lowest BCUT2D eigenvalue weighted by Gasteiger charge is -2.25. The number of rotatable bonds is 5. The van der Waals surface area contributed by atoms with Gasteiger partial charge in [-0.15, -0.1) is 0 Å². The van der Waals surface area contributed by atoms with Crippen LogP contribution in [0.2, 0.25) is 0 Å². The van der Waals surface area contributed by atoms with Crippen LogP contribution in [0.4, 0.5) is 0 Å². The molecule has 0 saturated carbocycles. The third-order valence-electron chi connectivity index (χ3n) is 3.33. The predicted octanol–water partition coefficient (Wildman–Crippen LogP) is 1.67. The molecule has 1 aliphatic heterocycles. The van der Waals surface area contributed by atoms with E-state index in [-0.39, 0.29) is 5.75 Å². The number of nitrogens with one attached hydrogen (secondary N) is 1. The van der Waals surface area contributed by atoms with Crippen LogP contribution < -0.4 is 10.1 Å². The first-order valence-electron chi connectivity index (χ1n) is 6.56. The van der Waals surface area contributed by atoms with E-state index >= 15 is 0 Å². The van der Waals surface area contributed by atoms with Crippen LogP contribution >= 0.6 is 0 Å². The molecule has 1 aromatic carbocycles. The van der Waals surface area contributed by atoms with Crippen LogP contribution in [0.15, 0.2) is 12.1 Å². The van der Waals surface area contributed by atoms with Crippen molar-refractivity contribution in [2.75, 3.05) is 6.61 Å². The van der Waals surface area contributed by atoms with E-state index in [1.165, 1.54) is 0 Å². The zero-order chi connectivity index (χ0) is 13.8. The number of phenols is 1. The summed E-state index contributed by atoms with van der Waals surface area (Å²) in [4.78, 5) is 11.1. The highest BCUT2D eigenvalue weighted by molar-refractivity contribution is 5.75. The molecule has 104 valence electrons. The molecule has 0 spiro atoms. The largest absolute Gasteiger partial charge is 0.504 e. The zero-order valence-electron chi connectivity index (χ0n) is 11.0. The van der Waals surface area contributed by atoms with Gasteiger partial charge in [-0.2, -0.15) is 0 Å². The molecule has 1 aromatic rings. The summed E-state index contributed by atoms with van der Waals surface area (Å²) in [6.07, 6.45) is 2.25. The van der Waals surface area contributed by atoms with E-state index in [1.54, 1.807) is 6.07 Å². The molecule has 3 N–H and O–H groups in total. The molecule has 2 rings (SSSR count). The van der Waals surface area contributed by atoms with Gasteiger partial charge in [-0.25, -0.2) is 0 Å². The number of unbranched alkanes of at least 4 members (excludes halogenated alkanes) is 1. The SMILES string of the molecule is CCCCOc1c(O)ccc2c1C[C@@H](C(=O)O)NC2. The Morgan fingerprint density at radius 1 is 1.53 bits per heavy atom. The first-order valence-corrected chi connectivity index (χ1v) is 6.56. The van der Waals surface area contributed by atoms with Crippen LogP contribution in [-0.4, -0.2) is 28.8 Å². The fourth-order valence-corrected chi connectivity index (χ4v) is 2.21. The van der Waals surface area contributed by atoms with Gasteiger partial charge in [0.2, 0.25) is 0 Å². The van der Waals surface area contributed by atoms with Gasteiger partial charge in [0.1, 0.15) is 6.04 Å². The minimum Gasteiger partial charge on any atom is -0.504 e. The van der Waals surface area contributed by atoms with Crippen LogP contribution in [0.25, 0.3) is 0 Å². The lowest BCUT2D eigenvalue weighted by Crippen LogP contribution is -2.41. The first kappa shape index (κ1) is 13.7. The van der Waals surface area contributed by atoms with Crippen molar-refractivity contribution in [3.63, 3.8) is 0 Å². The summed E-state index contributed by atoms with van der Waals surface area (Å²) in [5.41, 5.74) is 1.80. The maximum atomic E-state index is 11.1. The third-order valence-corrected chi connectivity index (χ3v) is 3.33. The number of hydrogen-bond acceptors (Lipinski definition) is 4. The minimum atomic E-state index is -0.881. The Morgan fingerprint density at radius 3 is 3.00 bits per heavy atom. The van der Waals surface area contributed by atoms with Gasteiger partial charge in [0.05, 0.1) is 6.61 Å². The number of carboxylic acid groups (broad SMARTS) is 1. The first-order chi connectivity index (χ1) is 9.13. The van der Waals surface area contributed by atoms with Crippen LogP contribution in [0.1, 0.15) is 30.9 Å². The number of ether oxygens (including phenoxy) is 1. The molecule has 5 nitrogen and oxygen atoms in total. The van der Waals surface area contributed by atoms with E-state index in [0.29, 0.717) is 25.3 Å². The molecule has 0 radical (unpaired) electrons. The second kappa shape index (κ2) is 5.93. The van der Waals surface area contributed by atoms with Crippen molar-refractivity contribution in [2.24, 2.45) is 0 Å². The lowest BCUT2D eigenvalue weighted by molar-refractivity contribution is -0.139. The lowest BCUT2D eigenvalue weighted by atomic mass is 9.94. The molecule has 0 aliphatic carbocycles. The highest BCUT2D eigenvalue weighted by atomic mass is 16.5. The van der Waals surface area contributed by atoms with Gasteiger partial charge < -0.3 is 20.3 Å². The highest BCUT2D eigenvalue weighted by Crippen LogP contribution is 2.35. The van der Waals surface area contributed by atoms with Gasteiger partial charge in [-0.3, -0.25) is 4.79 Å². The van der Waals surface area contributed by atoms with Gasteiger partial charge in [0.25, 0.3) is 0 Å². The fourth-order valence-electron chi connectivity index (χ4n) is 2.21. The zero-order valence-corrected chi connectivity index (χ0v) is 11.0. The summed E-state index contributed by atoms with van der Waals surface area (Å²) in [5, 5.41) is 21.9. The Bertz CT molecular complexity index is 473. The average molecular weight is 265 g/mol. The molecule has 19 heavy (non-hydrogen) atoms. The van der Waals surface area contributed by atoms with Crippen LogP contribution in [0.5, 0.6) is 11.5 Å². The van der Waals surface area contributed by atoms with Crippen molar-refractivity contribution >= 4 is 5.97 Å². The second-order valence-corrected chi connectivity index (χ2v) is 4.73. The van der Waals surface area contributed by atoms with E-state index in [9.17, 15) is 9.90 Å². The Morgan fingerprint density at radius 2 is 2.32 bits per heavy atom. The molecule has 1 atom stereocenters. The summed E-state index contributed by atoms with van der Waals surface area (Å²) >= 11 is 0. The smallest absolute Gasteiger partial charge is 0.321 e. The highest BCUT2D eigenvalue weighted by Gasteiger charge is 2.27. The Hall–Kier alpha value is -1.75. The molecular formula is C14H19NO4. The molecule has 5 heteroatoms. The summed E-state index contributed by atoms with van der Waals surface area (Å²) < 4.78 is 5.63. The van der Waals surface area contributed by atoms with E-state index in [1.807, 2.05) is 6.07 Å². The molecule has 0 unspecified atom stereocenters. The molecular weight excluding hydrogens is 246 g/mol. The Balaban J connectivity index is 2.25. The van der Waals surface area contributed by atoms with Crippen molar-refractivity contribution in [3.8, 4) is 11.5 Å². The van der Waals surface area contributed by atoms with E-state index < -0.39 is 12.0 Å². The van der Waals surface area contributed by atoms with E-state index in [0.717, 1.165) is 24.0 Å². The van der Waals surface area contributed by atoms with Crippen molar-refractivity contribution in [2.45, 2.75) is 38.8 Å². The van der Waals surface area contributed by atoms with Gasteiger partial charge in [-0.1, -0.05) is 19.4 Å². The fraction of sp³-hybridized carbons (Fsp3) is 0.500. The molecule has 0 aromatic heterocycles. The third kappa shape index (κ3) is 2.98. The number of carboxylic acids is 1. The van der Waals surface area contributed by atoms with Crippen LogP contribution in [-0.2, 0) is 17.8 Å². The number of phenolic OH excluding ortho intramolecular Hbond substituents is 1. The number of hydrogen-bond donors (Lipinski definition) is 3. The van der Waals surface area contributed by atoms with Crippen molar-refractivity contribution in [1.82, 2.24) is 5.32 Å². The maximum absolute atomic E-state index is 11.1. The van der Waals surface area contributed by atoms with Crippen LogP contribution in [0.3, 0.4) is 0 Å². The number of benzene rings is 1. The molecule has 1 aliphatic rings. The van der Waals surface area contributed by atoms with Crippen molar-refractivity contribution in [3.05, 3.63) is 23.3 Å². The Kier molecular flexibility index (Phi) is 4.27. The average Bonchev–Trinajstić information content (AvgIpc) is 2.40. The van der Waals surface area contributed by atoms with Crippen molar-refractivity contribution < 1.29 is 19.7 Å². The second-order valence-electron chi connectivity index (χ2n) is 4.73. The maximum Gasteiger partial charge on any atom is 0.321 e. The monoisotopic (exact) mass is 265 g/mol. The molecule has 1 heterocycles. The molecule has 0 bridgehead atoms. The minimum absolute atomic E-state index is 0.0842. The molecule has 0 fully saturated rings. The van der Waals surface area contributed by atoms with Gasteiger partial charge in [0.15, 0.2) is 11.5 Å². The number of aromatic hydroxyl groups is 1. The van der Waals surface area contributed by atoms with E-state index in [4.69, 9.17) is 9.84 Å². The standard InChI is InChI=1S/C14H19NO4/c1-2-3-6-19-13-10-7-11(14(17)18)15-8-9(10)4-5-12(13)16/h4-5,11,15-16H,2-3,6-8H2,1H3,(H,17,18)/t11-/m0/s1. The Labute approximate surface area is 112 Å². The predicted molar refractivity (Wildman–Crippen MR) is 70.5 cm³/mol. The summed E-state index contributed by atoms with van der Waals surface area (Å²) in [6.45, 7) is 3.08. The van der Waals surface area contributed by atoms with Crippen LogP contribution in [0, 0.1) is 0 Å². The van der Waals surface area contributed by atoms with Gasteiger partial charge >= 0.3 is 5.97 Å². The van der Waals surface area contributed by atoms with E-state index in [2.05, 4.69) is 12.2 Å². The van der Waals surface area contributed by atoms with Gasteiger partial charge in [-0.05, 0) is 18.1 Å². The molecule has 0 amide bonds. The molecule has 0 saturated heterocycles. The summed E-state index contributed by atoms with van der Waals surface area (Å²) in [5.74, 6) is -0.354. The summed E-state index contributed by atoms with van der Waals surface area (Å²) in [7, 11) is 0. The van der Waals surface area contributed by atoms with Gasteiger partial charge in [0, 0.05) is 18.5 Å². The topological polar surface area (TPSA) is 78.8 Å². The number of fused-ring (bicyclic) bond motifs is 1. The van der Waals surface area contributed by atoms with Crippen molar-refractivity contribution in [1.29, 1.82) is 0 Å². The number of aliphatic carboxylic acids is 1. The number of carbonyl (C=O) groups is 1. The summed E-state index contributed by atoms with van der Waals surface area (Å²) in [6, 6.07) is 2.79.